The van der Waals surface area contributed by atoms with Gasteiger partial charge in [0.2, 0.25) is 0 Å². The zero-order chi connectivity index (χ0) is 25.8. The maximum Gasteiger partial charge on any atom is 0.418 e. The number of piperidine rings is 1. The molecule has 4 rings (SSSR count). The molecule has 0 bridgehead atoms. The summed E-state index contributed by atoms with van der Waals surface area (Å²) in [6.45, 7) is 3.99. The third-order valence-corrected chi connectivity index (χ3v) is 7.09. The average Bonchev–Trinajstić information content (AvgIpc) is 2.90. The van der Waals surface area contributed by atoms with Crippen molar-refractivity contribution in [2.24, 2.45) is 0 Å². The summed E-state index contributed by atoms with van der Waals surface area (Å²) in [6.07, 6.45) is 0.191. The Bertz CT molecular complexity index is 1050. The van der Waals surface area contributed by atoms with E-state index in [0.29, 0.717) is 13.0 Å². The molecular formula is C30H32F3NOS. The Hall–Kier alpha value is -2.99. The number of anilines is 1. The Morgan fingerprint density at radius 2 is 1.50 bits per heavy atom. The predicted molar refractivity (Wildman–Crippen MR) is 144 cm³/mol. The van der Waals surface area contributed by atoms with Gasteiger partial charge in [0.1, 0.15) is 6.29 Å². The molecule has 1 fully saturated rings. The van der Waals surface area contributed by atoms with E-state index < -0.39 is 17.8 Å². The minimum Gasteiger partial charge on any atom is -0.361 e. The lowest BCUT2D eigenvalue weighted by molar-refractivity contribution is -0.137. The fraction of sp³-hybridized carbons (Fsp3) is 0.300. The Morgan fingerprint density at radius 3 is 2.03 bits per heavy atom. The molecule has 1 atom stereocenters. The molecule has 6 heteroatoms. The lowest BCUT2D eigenvalue weighted by Crippen LogP contribution is -2.41. The quantitative estimate of drug-likeness (QED) is 0.225. The highest BCUT2D eigenvalue weighted by Crippen LogP contribution is 2.41. The summed E-state index contributed by atoms with van der Waals surface area (Å²) in [5, 5.41) is 0. The first-order valence-corrected chi connectivity index (χ1v) is 13.3. The second kappa shape index (κ2) is 13.9. The highest BCUT2D eigenvalue weighted by molar-refractivity contribution is 7.97. The van der Waals surface area contributed by atoms with Crippen molar-refractivity contribution in [2.45, 2.75) is 49.4 Å². The van der Waals surface area contributed by atoms with E-state index in [2.05, 4.69) is 67.2 Å². The lowest BCUT2D eigenvalue weighted by Gasteiger charge is -2.36. The van der Waals surface area contributed by atoms with Gasteiger partial charge in [0.05, 0.1) is 11.6 Å². The zero-order valence-electron chi connectivity index (χ0n) is 20.3. The Balaban J connectivity index is 0.000000212. The largest absolute Gasteiger partial charge is 0.418 e. The molecule has 3 aromatic carbocycles. The smallest absolute Gasteiger partial charge is 0.361 e. The number of benzene rings is 3. The molecule has 1 aliphatic rings. The third kappa shape index (κ3) is 8.02. The molecule has 0 N–H and O–H groups in total. The van der Waals surface area contributed by atoms with Crippen LogP contribution in [0.5, 0.6) is 0 Å². The summed E-state index contributed by atoms with van der Waals surface area (Å²) in [4.78, 5) is 12.8. The molecule has 36 heavy (non-hydrogen) atoms. The highest BCUT2D eigenvalue weighted by Gasteiger charge is 2.38. The Kier molecular flexibility index (Phi) is 10.7. The fourth-order valence-corrected chi connectivity index (χ4v) is 5.27. The van der Waals surface area contributed by atoms with Gasteiger partial charge in [-0.25, -0.2) is 0 Å². The van der Waals surface area contributed by atoms with E-state index >= 15 is 0 Å². The van der Waals surface area contributed by atoms with Crippen LogP contribution in [0, 0.1) is 0 Å². The molecule has 0 saturated carbocycles. The van der Waals surface area contributed by atoms with Gasteiger partial charge in [0.15, 0.2) is 0 Å². The molecule has 0 spiro atoms. The number of allylic oxidation sites excluding steroid dienone is 1. The average molecular weight is 512 g/mol. The van der Waals surface area contributed by atoms with Gasteiger partial charge < -0.3 is 9.69 Å². The number of carbonyl (C=O) groups excluding carboxylic acids is 1. The van der Waals surface area contributed by atoms with Crippen molar-refractivity contribution in [1.29, 1.82) is 0 Å². The van der Waals surface area contributed by atoms with Crippen LogP contribution in [0.4, 0.5) is 18.9 Å². The number of hydrogen-bond acceptors (Lipinski definition) is 3. The van der Waals surface area contributed by atoms with Crippen LogP contribution >= 0.6 is 11.8 Å². The maximum absolute atomic E-state index is 13.5. The van der Waals surface area contributed by atoms with Gasteiger partial charge in [-0.2, -0.15) is 24.9 Å². The SMILES string of the molecule is C=CCc1cccc(N2CCCCC2C=O)c1C(F)(F)F.c1ccc(CSCc2ccccc2)cc1. The van der Waals surface area contributed by atoms with E-state index in [1.807, 2.05) is 11.8 Å². The second-order valence-corrected chi connectivity index (χ2v) is 9.64. The van der Waals surface area contributed by atoms with Crippen LogP contribution in [0.3, 0.4) is 0 Å². The van der Waals surface area contributed by atoms with Crippen molar-refractivity contribution >= 4 is 23.7 Å². The van der Waals surface area contributed by atoms with Crippen molar-refractivity contribution in [1.82, 2.24) is 0 Å². The molecule has 3 aromatic rings. The summed E-state index contributed by atoms with van der Waals surface area (Å²) < 4.78 is 40.4. The second-order valence-electron chi connectivity index (χ2n) is 8.66. The van der Waals surface area contributed by atoms with Crippen molar-refractivity contribution < 1.29 is 18.0 Å². The minimum absolute atomic E-state index is 0.110. The van der Waals surface area contributed by atoms with Crippen LogP contribution in [0.25, 0.3) is 0 Å². The van der Waals surface area contributed by atoms with Gasteiger partial charge in [-0.05, 0) is 48.4 Å². The number of aldehydes is 1. The zero-order valence-corrected chi connectivity index (χ0v) is 21.1. The van der Waals surface area contributed by atoms with E-state index in [4.69, 9.17) is 0 Å². The molecule has 2 nitrogen and oxygen atoms in total. The van der Waals surface area contributed by atoms with Gasteiger partial charge in [-0.15, -0.1) is 6.58 Å². The lowest BCUT2D eigenvalue weighted by atomic mass is 9.97. The monoisotopic (exact) mass is 511 g/mol. The van der Waals surface area contributed by atoms with E-state index in [-0.39, 0.29) is 17.7 Å². The Morgan fingerprint density at radius 1 is 0.889 bits per heavy atom. The van der Waals surface area contributed by atoms with Crippen LogP contribution in [0.15, 0.2) is 91.5 Å². The fourth-order valence-electron chi connectivity index (χ4n) is 4.31. The van der Waals surface area contributed by atoms with Gasteiger partial charge in [-0.3, -0.25) is 0 Å². The normalized spacial score (nSPS) is 15.5. The maximum atomic E-state index is 13.5. The molecule has 190 valence electrons. The van der Waals surface area contributed by atoms with Gasteiger partial charge in [-0.1, -0.05) is 78.9 Å². The van der Waals surface area contributed by atoms with Crippen LogP contribution in [-0.2, 0) is 28.9 Å². The summed E-state index contributed by atoms with van der Waals surface area (Å²) in [5.41, 5.74) is 2.47. The molecule has 1 unspecified atom stereocenters. The number of nitrogens with zero attached hydrogens (tertiary/aromatic N) is 1. The molecule has 1 aliphatic heterocycles. The number of alkyl halides is 3. The predicted octanol–water partition coefficient (Wildman–Crippen LogP) is 8.11. The van der Waals surface area contributed by atoms with Crippen molar-refractivity contribution in [3.63, 3.8) is 0 Å². The van der Waals surface area contributed by atoms with E-state index in [1.165, 1.54) is 29.3 Å². The number of rotatable bonds is 8. The summed E-state index contributed by atoms with van der Waals surface area (Å²) in [5.74, 6) is 2.19. The highest BCUT2D eigenvalue weighted by atomic mass is 32.2. The molecular weight excluding hydrogens is 479 g/mol. The molecule has 1 heterocycles. The first kappa shape index (κ1) is 27.6. The number of halogens is 3. The van der Waals surface area contributed by atoms with E-state index in [0.717, 1.165) is 30.6 Å². The summed E-state index contributed by atoms with van der Waals surface area (Å²) >= 11 is 1.96. The topological polar surface area (TPSA) is 20.3 Å². The van der Waals surface area contributed by atoms with Crippen LogP contribution < -0.4 is 4.90 Å². The standard InChI is InChI=1S/C16H18F3NO.C14H14S/c1-2-6-12-7-5-9-14(15(12)16(17,18)19)20-10-4-3-8-13(20)11-21;1-3-7-13(8-4-1)11-15-12-14-9-5-2-6-10-14/h2,5,7,9,11,13H,1,3-4,6,8,10H2;1-10H,11-12H2. The minimum atomic E-state index is -4.44. The van der Waals surface area contributed by atoms with Gasteiger partial charge >= 0.3 is 6.18 Å². The van der Waals surface area contributed by atoms with Gasteiger partial charge in [0, 0.05) is 23.7 Å². The van der Waals surface area contributed by atoms with Crippen molar-refractivity contribution in [3.05, 3.63) is 114 Å². The van der Waals surface area contributed by atoms with Crippen LogP contribution in [0.2, 0.25) is 0 Å². The van der Waals surface area contributed by atoms with Crippen LogP contribution in [-0.4, -0.2) is 18.9 Å². The van der Waals surface area contributed by atoms with E-state index in [1.54, 1.807) is 11.0 Å². The number of hydrogen-bond donors (Lipinski definition) is 0. The number of carbonyl (C=O) groups is 1. The van der Waals surface area contributed by atoms with Crippen molar-refractivity contribution in [3.8, 4) is 0 Å². The summed E-state index contributed by atoms with van der Waals surface area (Å²) in [7, 11) is 0. The molecule has 0 radical (unpaired) electrons. The summed E-state index contributed by atoms with van der Waals surface area (Å²) in [6, 6.07) is 25.3. The first-order chi connectivity index (χ1) is 17.4. The third-order valence-electron chi connectivity index (χ3n) is 6.02. The van der Waals surface area contributed by atoms with Crippen LogP contribution in [0.1, 0.15) is 41.5 Å². The first-order valence-electron chi connectivity index (χ1n) is 12.1. The Labute approximate surface area is 216 Å². The molecule has 0 aliphatic carbocycles. The van der Waals surface area contributed by atoms with Crippen molar-refractivity contribution in [2.75, 3.05) is 11.4 Å². The van der Waals surface area contributed by atoms with E-state index in [9.17, 15) is 18.0 Å². The number of thioether (sulfide) groups is 1. The molecule has 1 saturated heterocycles. The molecule has 0 amide bonds. The van der Waals surface area contributed by atoms with Gasteiger partial charge in [0.25, 0.3) is 0 Å². The molecule has 0 aromatic heterocycles.